The molecule has 0 aliphatic carbocycles. The van der Waals surface area contributed by atoms with Gasteiger partial charge in [-0.2, -0.15) is 4.89 Å². The molecule has 0 saturated carbocycles. The highest BCUT2D eigenvalue weighted by Gasteiger charge is 2.42. The highest BCUT2D eigenvalue weighted by molar-refractivity contribution is 7.39. The minimum Gasteiger partial charge on any atom is -0.508 e. The lowest BCUT2D eigenvalue weighted by Crippen LogP contribution is -2.32. The third kappa shape index (κ3) is 5.67. The molecule has 5 N–H and O–H groups in total. The van der Waals surface area contributed by atoms with Crippen LogP contribution in [0.2, 0.25) is 0 Å². The van der Waals surface area contributed by atoms with Gasteiger partial charge in [-0.15, -0.1) is 0 Å². The summed E-state index contributed by atoms with van der Waals surface area (Å²) in [6.45, 7) is -0.104. The van der Waals surface area contributed by atoms with Crippen LogP contribution >= 0.6 is 8.03 Å². The van der Waals surface area contributed by atoms with Crippen molar-refractivity contribution in [2.24, 2.45) is 5.92 Å². The van der Waals surface area contributed by atoms with Gasteiger partial charge >= 0.3 is 20.0 Å². The minimum absolute atomic E-state index is 0.0557. The topological polar surface area (TPSA) is 144 Å². The van der Waals surface area contributed by atoms with E-state index in [-0.39, 0.29) is 18.7 Å². The van der Waals surface area contributed by atoms with E-state index in [1.165, 1.54) is 24.3 Å². The molecule has 1 aromatic rings. The van der Waals surface area contributed by atoms with Crippen molar-refractivity contribution in [3.8, 4) is 5.75 Å². The van der Waals surface area contributed by atoms with Crippen molar-refractivity contribution in [1.29, 1.82) is 0 Å². The van der Waals surface area contributed by atoms with Crippen molar-refractivity contribution in [3.05, 3.63) is 24.3 Å². The zero-order chi connectivity index (χ0) is 16.7. The molecule has 8 nitrogen and oxygen atoms in total. The second-order valence-corrected chi connectivity index (χ2v) is 5.94. The summed E-state index contributed by atoms with van der Waals surface area (Å²) in [5.74, 6) is -3.66. The minimum atomic E-state index is -2.80. The Bertz CT molecular complexity index is 546. The molecule has 3 unspecified atom stereocenters. The van der Waals surface area contributed by atoms with Crippen LogP contribution in [0.5, 0.6) is 5.75 Å². The van der Waals surface area contributed by atoms with E-state index in [4.69, 9.17) is 15.3 Å². The summed E-state index contributed by atoms with van der Waals surface area (Å²) in [6.07, 6.45) is -0.621. The number of benzene rings is 1. The molecular formula is C13H17NO7P+. The van der Waals surface area contributed by atoms with Gasteiger partial charge in [-0.05, 0) is 35.3 Å². The number of carboxylic acid groups (broad SMARTS) is 2. The van der Waals surface area contributed by atoms with Crippen molar-refractivity contribution in [3.63, 3.8) is 0 Å². The van der Waals surface area contributed by atoms with Crippen LogP contribution < -0.4 is 5.32 Å². The molecule has 0 amide bonds. The molecule has 0 fully saturated rings. The van der Waals surface area contributed by atoms with Gasteiger partial charge in [0, 0.05) is 12.1 Å². The van der Waals surface area contributed by atoms with Crippen LogP contribution in [0.3, 0.4) is 0 Å². The molecule has 120 valence electrons. The van der Waals surface area contributed by atoms with Crippen LogP contribution in [0.25, 0.3) is 0 Å². The molecule has 0 aliphatic rings. The number of nitrogens with one attached hydrogen (secondary N) is 1. The first kappa shape index (κ1) is 17.9. The Labute approximate surface area is 127 Å². The van der Waals surface area contributed by atoms with Crippen molar-refractivity contribution in [2.45, 2.75) is 18.5 Å². The van der Waals surface area contributed by atoms with E-state index >= 15 is 0 Å². The Morgan fingerprint density at radius 2 is 1.77 bits per heavy atom. The number of aromatic hydroxyl groups is 1. The monoisotopic (exact) mass is 330 g/mol. The van der Waals surface area contributed by atoms with E-state index in [2.05, 4.69) is 5.32 Å². The largest absolute Gasteiger partial charge is 0.511 e. The Morgan fingerprint density at radius 3 is 2.23 bits per heavy atom. The first-order valence-electron chi connectivity index (χ1n) is 6.44. The van der Waals surface area contributed by atoms with E-state index in [0.29, 0.717) is 5.69 Å². The highest BCUT2D eigenvalue weighted by atomic mass is 31.1. The van der Waals surface area contributed by atoms with E-state index in [1.54, 1.807) is 0 Å². The predicted octanol–water partition coefficient (Wildman–Crippen LogP) is 1.47. The molecule has 0 spiro atoms. The maximum Gasteiger partial charge on any atom is 0.511 e. The van der Waals surface area contributed by atoms with Gasteiger partial charge in [0.1, 0.15) is 11.7 Å². The lowest BCUT2D eigenvalue weighted by molar-refractivity contribution is -0.142. The van der Waals surface area contributed by atoms with Crippen molar-refractivity contribution in [1.82, 2.24) is 0 Å². The van der Waals surface area contributed by atoms with Crippen LogP contribution in [0.1, 0.15) is 12.8 Å². The number of rotatable bonds is 9. The van der Waals surface area contributed by atoms with Crippen molar-refractivity contribution < 1.29 is 34.4 Å². The molecular weight excluding hydrogens is 313 g/mol. The van der Waals surface area contributed by atoms with E-state index in [1.807, 2.05) is 0 Å². The molecule has 22 heavy (non-hydrogen) atoms. The lowest BCUT2D eigenvalue weighted by atomic mass is 9.99. The van der Waals surface area contributed by atoms with Gasteiger partial charge in [-0.1, -0.05) is 0 Å². The second kappa shape index (κ2) is 8.31. The first-order chi connectivity index (χ1) is 10.3. The number of carbonyl (C=O) groups is 2. The maximum atomic E-state index is 11.4. The summed E-state index contributed by atoms with van der Waals surface area (Å²) in [5, 5.41) is 29.7. The molecule has 0 heterocycles. The van der Waals surface area contributed by atoms with Gasteiger partial charge in [0.2, 0.25) is 5.66 Å². The van der Waals surface area contributed by atoms with Crippen LogP contribution in [0.15, 0.2) is 24.3 Å². The molecule has 1 rings (SSSR count). The molecule has 0 aromatic heterocycles. The number of phenols is 1. The third-order valence-corrected chi connectivity index (χ3v) is 4.23. The van der Waals surface area contributed by atoms with Crippen LogP contribution in [-0.4, -0.2) is 44.4 Å². The molecule has 0 radical (unpaired) electrons. The average Bonchev–Trinajstić information content (AvgIpc) is 2.43. The number of hydrogen-bond donors (Lipinski definition) is 5. The third-order valence-electron chi connectivity index (χ3n) is 3.12. The number of phenolic OH excluding ortho intramolecular Hbond substituents is 1. The summed E-state index contributed by atoms with van der Waals surface area (Å²) in [5.41, 5.74) is -0.581. The fraction of sp³-hybridized carbons (Fsp3) is 0.385. The summed E-state index contributed by atoms with van der Waals surface area (Å²) in [7, 11) is -2.80. The van der Waals surface area contributed by atoms with Crippen LogP contribution in [0.4, 0.5) is 5.69 Å². The van der Waals surface area contributed by atoms with Gasteiger partial charge in [0.05, 0.1) is 6.54 Å². The first-order valence-corrected chi connectivity index (χ1v) is 7.72. The van der Waals surface area contributed by atoms with E-state index in [9.17, 15) is 19.0 Å². The van der Waals surface area contributed by atoms with Gasteiger partial charge in [-0.25, -0.2) is 0 Å². The van der Waals surface area contributed by atoms with Crippen LogP contribution in [0, 0.1) is 5.92 Å². The normalized spacial score (nSPS) is 14.0. The number of aliphatic carboxylic acids is 2. The van der Waals surface area contributed by atoms with Crippen molar-refractivity contribution >= 4 is 25.7 Å². The number of carboxylic acids is 2. The van der Waals surface area contributed by atoms with E-state index < -0.39 is 38.0 Å². The van der Waals surface area contributed by atoms with Gasteiger partial charge in [0.25, 0.3) is 0 Å². The highest BCUT2D eigenvalue weighted by Crippen LogP contribution is 2.32. The fourth-order valence-electron chi connectivity index (χ4n) is 1.94. The van der Waals surface area contributed by atoms with Crippen molar-refractivity contribution in [2.75, 3.05) is 11.9 Å². The Kier molecular flexibility index (Phi) is 6.75. The summed E-state index contributed by atoms with van der Waals surface area (Å²) < 4.78 is 11.4. The molecule has 0 bridgehead atoms. The number of hydrogen-bond acceptors (Lipinski definition) is 5. The summed E-state index contributed by atoms with van der Waals surface area (Å²) in [4.78, 5) is 31.1. The van der Waals surface area contributed by atoms with Gasteiger partial charge < -0.3 is 20.6 Å². The predicted molar refractivity (Wildman–Crippen MR) is 78.2 cm³/mol. The molecule has 9 heteroatoms. The van der Waals surface area contributed by atoms with Gasteiger partial charge in [0.15, 0.2) is 0 Å². The maximum absolute atomic E-state index is 11.4. The van der Waals surface area contributed by atoms with E-state index in [0.717, 1.165) is 0 Å². The zero-order valence-corrected chi connectivity index (χ0v) is 12.4. The molecule has 0 aliphatic heterocycles. The standard InChI is InChI=1S/C13H16NO7P/c15-9-3-1-8(2-4-9)14-7-11(22(20)21)10(13(18)19)5-6-12(16)17/h1-4,10-11,14H,5-7H2,(H3-,15,16,17,18,19,20,21)/p+1. The number of anilines is 1. The smallest absolute Gasteiger partial charge is 0.508 e. The molecule has 0 saturated heterocycles. The lowest BCUT2D eigenvalue weighted by Gasteiger charge is -2.15. The van der Waals surface area contributed by atoms with Gasteiger partial charge in [-0.3, -0.25) is 9.59 Å². The Balaban J connectivity index is 2.76. The fourth-order valence-corrected chi connectivity index (χ4v) is 2.77. The summed E-state index contributed by atoms with van der Waals surface area (Å²) >= 11 is 0. The SMILES string of the molecule is O=C(O)CCC(C(=O)O)C(CNc1ccc(O)cc1)[P+](=O)O. The Morgan fingerprint density at radius 1 is 1.18 bits per heavy atom. The Hall–Kier alpha value is -2.18. The molecule has 1 aromatic carbocycles. The zero-order valence-electron chi connectivity index (χ0n) is 11.5. The average molecular weight is 330 g/mol. The second-order valence-electron chi connectivity index (χ2n) is 4.67. The molecule has 3 atom stereocenters. The summed E-state index contributed by atoms with van der Waals surface area (Å²) in [6, 6.07) is 5.89. The quantitative estimate of drug-likeness (QED) is 0.338. The van der Waals surface area contributed by atoms with Crippen LogP contribution in [-0.2, 0) is 14.2 Å².